The Bertz CT molecular complexity index is 1330. The minimum atomic E-state index is -3.75. The number of aromatic nitrogens is 2. The number of carbonyl (C=O) groups is 1. The molecule has 11 nitrogen and oxygen atoms in total. The number of nitrogens with one attached hydrogen (secondary N) is 2. The molecule has 0 aromatic carbocycles. The fourth-order valence-corrected chi connectivity index (χ4v) is 6.59. The summed E-state index contributed by atoms with van der Waals surface area (Å²) >= 11 is 0. The van der Waals surface area contributed by atoms with Crippen LogP contribution in [-0.2, 0) is 10.0 Å². The highest BCUT2D eigenvalue weighted by atomic mass is 32.2. The zero-order chi connectivity index (χ0) is 26.5. The Labute approximate surface area is 222 Å². The number of hydrogen-bond donors (Lipinski definition) is 3. The molecule has 2 saturated carbocycles. The van der Waals surface area contributed by atoms with Gasteiger partial charge in [0.25, 0.3) is 5.91 Å². The molecule has 4 heterocycles. The van der Waals surface area contributed by atoms with Crippen molar-refractivity contribution < 1.29 is 23.1 Å². The third-order valence-corrected chi connectivity index (χ3v) is 9.69. The first-order valence-electron chi connectivity index (χ1n) is 13.3. The lowest BCUT2D eigenvalue weighted by Gasteiger charge is -2.35. The van der Waals surface area contributed by atoms with Gasteiger partial charge >= 0.3 is 0 Å². The molecule has 1 spiro atoms. The SMILES string of the molecule is COc1ccc(NC(=O)c2cnc(NS(=O)(=O)CCO)cc2N2CCC3(CC2)CC3)nc1N1CC2CC2C1. The van der Waals surface area contributed by atoms with Crippen molar-refractivity contribution in [3.63, 3.8) is 0 Å². The Balaban J connectivity index is 1.26. The van der Waals surface area contributed by atoms with Gasteiger partial charge in [-0.15, -0.1) is 0 Å². The van der Waals surface area contributed by atoms with Crippen LogP contribution in [0.15, 0.2) is 24.4 Å². The van der Waals surface area contributed by atoms with E-state index in [9.17, 15) is 13.2 Å². The van der Waals surface area contributed by atoms with Crippen molar-refractivity contribution in [2.24, 2.45) is 17.3 Å². The van der Waals surface area contributed by atoms with E-state index in [-0.39, 0.29) is 11.7 Å². The first-order valence-corrected chi connectivity index (χ1v) is 14.9. The molecule has 2 aromatic rings. The number of rotatable bonds is 9. The molecule has 2 aliphatic heterocycles. The Morgan fingerprint density at radius 3 is 2.53 bits per heavy atom. The number of carbonyl (C=O) groups excluding carboxylic acids is 1. The fourth-order valence-electron chi connectivity index (χ4n) is 5.81. The highest BCUT2D eigenvalue weighted by molar-refractivity contribution is 7.92. The zero-order valence-electron chi connectivity index (χ0n) is 21.5. The van der Waals surface area contributed by atoms with Gasteiger partial charge in [-0.25, -0.2) is 18.4 Å². The van der Waals surface area contributed by atoms with E-state index in [2.05, 4.69) is 24.8 Å². The van der Waals surface area contributed by atoms with Crippen molar-refractivity contribution in [2.75, 3.05) is 65.5 Å². The number of aliphatic hydroxyl groups excluding tert-OH is 1. The first kappa shape index (κ1) is 25.2. The largest absolute Gasteiger partial charge is 0.493 e. The molecule has 2 aliphatic carbocycles. The van der Waals surface area contributed by atoms with E-state index in [0.29, 0.717) is 28.2 Å². The van der Waals surface area contributed by atoms with Gasteiger partial charge in [0.15, 0.2) is 11.6 Å². The summed E-state index contributed by atoms with van der Waals surface area (Å²) < 4.78 is 32.4. The van der Waals surface area contributed by atoms with Crippen molar-refractivity contribution in [2.45, 2.75) is 32.1 Å². The minimum absolute atomic E-state index is 0.120. The monoisotopic (exact) mass is 542 g/mol. The van der Waals surface area contributed by atoms with Crippen LogP contribution in [0.4, 0.5) is 23.1 Å². The second-order valence-electron chi connectivity index (χ2n) is 11.1. The number of sulfonamides is 1. The Kier molecular flexibility index (Phi) is 6.34. The van der Waals surface area contributed by atoms with Gasteiger partial charge in [-0.1, -0.05) is 0 Å². The molecule has 38 heavy (non-hydrogen) atoms. The summed E-state index contributed by atoms with van der Waals surface area (Å²) in [7, 11) is -2.13. The summed E-state index contributed by atoms with van der Waals surface area (Å²) in [6.45, 7) is 2.98. The number of aliphatic hydroxyl groups is 1. The van der Waals surface area contributed by atoms with Crippen LogP contribution in [0.3, 0.4) is 0 Å². The van der Waals surface area contributed by atoms with Crippen LogP contribution >= 0.6 is 0 Å². The van der Waals surface area contributed by atoms with Crippen LogP contribution in [0.1, 0.15) is 42.5 Å². The second-order valence-corrected chi connectivity index (χ2v) is 12.9. The van der Waals surface area contributed by atoms with Crippen LogP contribution < -0.4 is 24.6 Å². The minimum Gasteiger partial charge on any atom is -0.493 e. The van der Waals surface area contributed by atoms with Gasteiger partial charge in [-0.3, -0.25) is 9.52 Å². The Morgan fingerprint density at radius 1 is 1.13 bits per heavy atom. The zero-order valence-corrected chi connectivity index (χ0v) is 22.3. The number of hydrogen-bond acceptors (Lipinski definition) is 9. The van der Waals surface area contributed by atoms with Gasteiger partial charge in [0.1, 0.15) is 11.6 Å². The maximum absolute atomic E-state index is 13.5. The predicted molar refractivity (Wildman–Crippen MR) is 144 cm³/mol. The summed E-state index contributed by atoms with van der Waals surface area (Å²) in [4.78, 5) is 26.8. The quantitative estimate of drug-likeness (QED) is 0.436. The van der Waals surface area contributed by atoms with Crippen LogP contribution in [-0.4, -0.2) is 75.0 Å². The smallest absolute Gasteiger partial charge is 0.260 e. The molecule has 0 bridgehead atoms. The second kappa shape index (κ2) is 9.57. The average molecular weight is 543 g/mol. The van der Waals surface area contributed by atoms with E-state index in [0.717, 1.165) is 56.7 Å². The average Bonchev–Trinajstić information content (AvgIpc) is 3.80. The number of nitrogens with zero attached hydrogens (tertiary/aromatic N) is 4. The van der Waals surface area contributed by atoms with Gasteiger partial charge in [0.2, 0.25) is 10.0 Å². The van der Waals surface area contributed by atoms with Gasteiger partial charge in [0.05, 0.1) is 30.7 Å². The molecular formula is C26H34N6O5S. The molecule has 3 N–H and O–H groups in total. The fraction of sp³-hybridized carbons (Fsp3) is 0.577. The lowest BCUT2D eigenvalue weighted by molar-refractivity contribution is 0.102. The van der Waals surface area contributed by atoms with E-state index in [4.69, 9.17) is 14.8 Å². The molecular weight excluding hydrogens is 508 g/mol. The van der Waals surface area contributed by atoms with E-state index < -0.39 is 22.4 Å². The van der Waals surface area contributed by atoms with Crippen LogP contribution in [0.25, 0.3) is 0 Å². The van der Waals surface area contributed by atoms with Gasteiger partial charge in [-0.05, 0) is 61.5 Å². The standard InChI is InChI=1S/C26H34N6O5S/c1-37-21-2-3-22(28-24(21)32-15-17-12-18(17)16-32)29-25(34)19-14-27-23(30-38(35,36)11-10-33)13-20(19)31-8-6-26(4-5-26)7-9-31/h2-3,13-14,17-18,33H,4-12,15-16H2,1H3,(H,27,30)(H,28,29,34). The molecule has 1 amide bonds. The van der Waals surface area contributed by atoms with Gasteiger partial charge in [-0.2, -0.15) is 0 Å². The Morgan fingerprint density at radius 2 is 1.87 bits per heavy atom. The molecule has 12 heteroatoms. The van der Waals surface area contributed by atoms with E-state index in [1.165, 1.54) is 25.5 Å². The van der Waals surface area contributed by atoms with Crippen molar-refractivity contribution in [3.05, 3.63) is 30.0 Å². The number of amides is 1. The normalized spacial score (nSPS) is 23.2. The molecule has 204 valence electrons. The number of pyridine rings is 2. The predicted octanol–water partition coefficient (Wildman–Crippen LogP) is 2.31. The third-order valence-electron chi connectivity index (χ3n) is 8.45. The number of fused-ring (bicyclic) bond motifs is 1. The summed E-state index contributed by atoms with van der Waals surface area (Å²) in [5.74, 6) is 2.60. The summed E-state index contributed by atoms with van der Waals surface area (Å²) in [6.07, 6.45) is 7.27. The lowest BCUT2D eigenvalue weighted by atomic mass is 9.93. The molecule has 2 unspecified atom stereocenters. The number of piperidine rings is 2. The molecule has 4 fully saturated rings. The number of anilines is 4. The molecule has 2 aromatic heterocycles. The molecule has 2 saturated heterocycles. The van der Waals surface area contributed by atoms with Crippen LogP contribution in [0.5, 0.6) is 5.75 Å². The maximum Gasteiger partial charge on any atom is 0.260 e. The topological polar surface area (TPSA) is 137 Å². The van der Waals surface area contributed by atoms with E-state index in [1.54, 1.807) is 19.2 Å². The number of methoxy groups -OCH3 is 1. The van der Waals surface area contributed by atoms with E-state index >= 15 is 0 Å². The summed E-state index contributed by atoms with van der Waals surface area (Å²) in [5.41, 5.74) is 1.42. The maximum atomic E-state index is 13.5. The van der Waals surface area contributed by atoms with Crippen LogP contribution in [0, 0.1) is 17.3 Å². The van der Waals surface area contributed by atoms with Crippen molar-refractivity contribution in [1.82, 2.24) is 9.97 Å². The van der Waals surface area contributed by atoms with Crippen molar-refractivity contribution in [1.29, 1.82) is 0 Å². The highest BCUT2D eigenvalue weighted by Gasteiger charge is 2.46. The van der Waals surface area contributed by atoms with Crippen LogP contribution in [0.2, 0.25) is 0 Å². The molecule has 4 aliphatic rings. The third kappa shape index (κ3) is 5.11. The highest BCUT2D eigenvalue weighted by Crippen LogP contribution is 2.54. The summed E-state index contributed by atoms with van der Waals surface area (Å²) in [6, 6.07) is 5.15. The Hall–Kier alpha value is -3.12. The van der Waals surface area contributed by atoms with Crippen molar-refractivity contribution >= 4 is 39.1 Å². The molecule has 2 atom stereocenters. The van der Waals surface area contributed by atoms with Gasteiger partial charge < -0.3 is 25.0 Å². The van der Waals surface area contributed by atoms with E-state index in [1.807, 2.05) is 6.07 Å². The lowest BCUT2D eigenvalue weighted by Crippen LogP contribution is -2.36. The van der Waals surface area contributed by atoms with Gasteiger partial charge in [0, 0.05) is 38.4 Å². The molecule has 0 radical (unpaired) electrons. The first-order chi connectivity index (χ1) is 18.3. The molecule has 6 rings (SSSR count). The van der Waals surface area contributed by atoms with Crippen molar-refractivity contribution in [3.8, 4) is 5.75 Å². The summed E-state index contributed by atoms with van der Waals surface area (Å²) in [5, 5.41) is 12.0. The number of ether oxygens (including phenoxy) is 1.